The molecule has 0 amide bonds. The fourth-order valence-electron chi connectivity index (χ4n) is 1.19. The van der Waals surface area contributed by atoms with Gasteiger partial charge in [-0.3, -0.25) is 4.79 Å². The van der Waals surface area contributed by atoms with Crippen molar-refractivity contribution in [1.82, 2.24) is 0 Å². The molecule has 0 saturated heterocycles. The Hall–Kier alpha value is -0.580. The first-order valence-electron chi connectivity index (χ1n) is 4.22. The van der Waals surface area contributed by atoms with Crippen molar-refractivity contribution in [2.24, 2.45) is 5.73 Å². The van der Waals surface area contributed by atoms with Crippen molar-refractivity contribution in [3.8, 4) is 0 Å². The largest absolute Gasteiger partial charge is 0.481 e. The molecule has 0 saturated carbocycles. The normalized spacial score (nSPS) is 12.8. The van der Waals surface area contributed by atoms with Gasteiger partial charge in [0, 0.05) is 22.2 Å². The minimum atomic E-state index is -0.831. The lowest BCUT2D eigenvalue weighted by atomic mass is 10.0. The van der Waals surface area contributed by atoms with E-state index in [-0.39, 0.29) is 12.3 Å². The molecule has 0 aliphatic carbocycles. The standard InChI is InChI=1S/C9H12ClNO2S/c1-5-7(10)3-8(14-5)6(4-11)2-9(12)13/h3,6H,2,4,11H2,1H3,(H,12,13). The number of carboxylic acid groups (broad SMARTS) is 1. The Bertz CT molecular complexity index is 318. The zero-order valence-corrected chi connectivity index (χ0v) is 9.36. The number of rotatable bonds is 4. The van der Waals surface area contributed by atoms with E-state index in [1.807, 2.05) is 13.0 Å². The van der Waals surface area contributed by atoms with Gasteiger partial charge in [-0.05, 0) is 13.0 Å². The zero-order chi connectivity index (χ0) is 10.7. The van der Waals surface area contributed by atoms with Gasteiger partial charge in [0.2, 0.25) is 0 Å². The average molecular weight is 234 g/mol. The first-order chi connectivity index (χ1) is 6.54. The summed E-state index contributed by atoms with van der Waals surface area (Å²) in [4.78, 5) is 12.5. The molecule has 0 bridgehead atoms. The molecule has 0 aromatic carbocycles. The van der Waals surface area contributed by atoms with Gasteiger partial charge >= 0.3 is 5.97 Å². The van der Waals surface area contributed by atoms with E-state index >= 15 is 0 Å². The predicted molar refractivity (Wildman–Crippen MR) is 58.1 cm³/mol. The van der Waals surface area contributed by atoms with E-state index < -0.39 is 5.97 Å². The van der Waals surface area contributed by atoms with Crippen molar-refractivity contribution < 1.29 is 9.90 Å². The van der Waals surface area contributed by atoms with Gasteiger partial charge in [0.25, 0.3) is 0 Å². The Kier molecular flexibility index (Phi) is 3.92. The summed E-state index contributed by atoms with van der Waals surface area (Å²) >= 11 is 7.40. The molecule has 3 nitrogen and oxygen atoms in total. The van der Waals surface area contributed by atoms with E-state index in [0.29, 0.717) is 11.6 Å². The summed E-state index contributed by atoms with van der Waals surface area (Å²) in [6.45, 7) is 2.24. The van der Waals surface area contributed by atoms with Crippen LogP contribution >= 0.6 is 22.9 Å². The molecule has 1 unspecified atom stereocenters. The molecule has 1 rings (SSSR count). The molecule has 1 aromatic heterocycles. The molecule has 3 N–H and O–H groups in total. The SMILES string of the molecule is Cc1sc(C(CN)CC(=O)O)cc1Cl. The zero-order valence-electron chi connectivity index (χ0n) is 7.79. The first-order valence-corrected chi connectivity index (χ1v) is 5.41. The van der Waals surface area contributed by atoms with Gasteiger partial charge in [0.1, 0.15) is 0 Å². The maximum Gasteiger partial charge on any atom is 0.304 e. The lowest BCUT2D eigenvalue weighted by Crippen LogP contribution is -2.15. The number of nitrogens with two attached hydrogens (primary N) is 1. The number of aryl methyl sites for hydroxylation is 1. The average Bonchev–Trinajstić information content (AvgIpc) is 2.42. The first kappa shape index (κ1) is 11.5. The summed E-state index contributed by atoms with van der Waals surface area (Å²) < 4.78 is 0. The smallest absolute Gasteiger partial charge is 0.304 e. The fraction of sp³-hybridized carbons (Fsp3) is 0.444. The van der Waals surface area contributed by atoms with Crippen molar-refractivity contribution >= 4 is 28.9 Å². The Labute approximate surface area is 91.5 Å². The van der Waals surface area contributed by atoms with Crippen molar-refractivity contribution in [3.63, 3.8) is 0 Å². The Balaban J connectivity index is 2.83. The van der Waals surface area contributed by atoms with Crippen molar-refractivity contribution in [3.05, 3.63) is 20.8 Å². The molecule has 0 fully saturated rings. The highest BCUT2D eigenvalue weighted by atomic mass is 35.5. The molecule has 0 spiro atoms. The maximum atomic E-state index is 10.5. The van der Waals surface area contributed by atoms with Crippen LogP contribution in [-0.4, -0.2) is 17.6 Å². The Morgan fingerprint density at radius 1 is 1.79 bits per heavy atom. The fourth-order valence-corrected chi connectivity index (χ4v) is 2.52. The summed E-state index contributed by atoms with van der Waals surface area (Å²) in [5.41, 5.74) is 5.51. The number of aliphatic carboxylic acids is 1. The predicted octanol–water partition coefficient (Wildman–Crippen LogP) is 2.23. The van der Waals surface area contributed by atoms with E-state index in [0.717, 1.165) is 9.75 Å². The van der Waals surface area contributed by atoms with Crippen LogP contribution in [0.1, 0.15) is 22.1 Å². The molecule has 14 heavy (non-hydrogen) atoms. The van der Waals surface area contributed by atoms with E-state index in [4.69, 9.17) is 22.4 Å². The summed E-state index contributed by atoms with van der Waals surface area (Å²) in [6, 6.07) is 1.81. The highest BCUT2D eigenvalue weighted by Crippen LogP contribution is 2.32. The van der Waals surface area contributed by atoms with Gasteiger partial charge in [0.15, 0.2) is 0 Å². The van der Waals surface area contributed by atoms with Crippen LogP contribution in [0.25, 0.3) is 0 Å². The second kappa shape index (κ2) is 4.77. The number of halogens is 1. The lowest BCUT2D eigenvalue weighted by molar-refractivity contribution is -0.137. The molecule has 0 aliphatic heterocycles. The molecule has 0 aliphatic rings. The molecule has 5 heteroatoms. The molecule has 1 atom stereocenters. The quantitative estimate of drug-likeness (QED) is 0.838. The number of carboxylic acids is 1. The monoisotopic (exact) mass is 233 g/mol. The van der Waals surface area contributed by atoms with Crippen LogP contribution in [-0.2, 0) is 4.79 Å². The Morgan fingerprint density at radius 2 is 2.43 bits per heavy atom. The van der Waals surface area contributed by atoms with E-state index in [1.54, 1.807) is 0 Å². The number of thiophene rings is 1. The third-order valence-corrected chi connectivity index (χ3v) is 3.70. The van der Waals surface area contributed by atoms with E-state index in [1.165, 1.54) is 11.3 Å². The van der Waals surface area contributed by atoms with Crippen LogP contribution < -0.4 is 5.73 Å². The summed E-state index contributed by atoms with van der Waals surface area (Å²) in [7, 11) is 0. The van der Waals surface area contributed by atoms with Crippen LogP contribution in [0.4, 0.5) is 0 Å². The molecule has 78 valence electrons. The molecule has 1 heterocycles. The van der Waals surface area contributed by atoms with Gasteiger partial charge in [0.05, 0.1) is 11.4 Å². The van der Waals surface area contributed by atoms with Gasteiger partial charge in [-0.1, -0.05) is 11.6 Å². The van der Waals surface area contributed by atoms with Crippen molar-refractivity contribution in [2.75, 3.05) is 6.54 Å². The third-order valence-electron chi connectivity index (χ3n) is 1.98. The summed E-state index contributed by atoms with van der Waals surface area (Å²) in [6.07, 6.45) is 0.0623. The number of hydrogen-bond donors (Lipinski definition) is 2. The maximum absolute atomic E-state index is 10.5. The molecular formula is C9H12ClNO2S. The van der Waals surface area contributed by atoms with Crippen LogP contribution in [0.15, 0.2) is 6.07 Å². The van der Waals surface area contributed by atoms with Crippen molar-refractivity contribution in [1.29, 1.82) is 0 Å². The van der Waals surface area contributed by atoms with Gasteiger partial charge in [-0.15, -0.1) is 11.3 Å². The highest BCUT2D eigenvalue weighted by Gasteiger charge is 2.17. The van der Waals surface area contributed by atoms with E-state index in [9.17, 15) is 4.79 Å². The van der Waals surface area contributed by atoms with Crippen LogP contribution in [0, 0.1) is 6.92 Å². The van der Waals surface area contributed by atoms with Gasteiger partial charge in [-0.25, -0.2) is 0 Å². The van der Waals surface area contributed by atoms with Crippen LogP contribution in [0.2, 0.25) is 5.02 Å². The minimum absolute atomic E-state index is 0.0623. The van der Waals surface area contributed by atoms with E-state index in [2.05, 4.69) is 0 Å². The van der Waals surface area contributed by atoms with Crippen LogP contribution in [0.3, 0.4) is 0 Å². The second-order valence-corrected chi connectivity index (χ2v) is 4.78. The minimum Gasteiger partial charge on any atom is -0.481 e. The third kappa shape index (κ3) is 2.70. The Morgan fingerprint density at radius 3 is 2.79 bits per heavy atom. The topological polar surface area (TPSA) is 63.3 Å². The number of carbonyl (C=O) groups is 1. The molecule has 0 radical (unpaired) electrons. The molecule has 1 aromatic rings. The molecular weight excluding hydrogens is 222 g/mol. The summed E-state index contributed by atoms with van der Waals surface area (Å²) in [5, 5.41) is 9.36. The van der Waals surface area contributed by atoms with Crippen LogP contribution in [0.5, 0.6) is 0 Å². The highest BCUT2D eigenvalue weighted by molar-refractivity contribution is 7.12. The van der Waals surface area contributed by atoms with Crippen molar-refractivity contribution in [2.45, 2.75) is 19.3 Å². The summed E-state index contributed by atoms with van der Waals surface area (Å²) in [5.74, 6) is -0.952. The lowest BCUT2D eigenvalue weighted by Gasteiger charge is -2.08. The second-order valence-electron chi connectivity index (χ2n) is 3.08. The van der Waals surface area contributed by atoms with Gasteiger partial charge in [-0.2, -0.15) is 0 Å². The number of hydrogen-bond acceptors (Lipinski definition) is 3. The van der Waals surface area contributed by atoms with Gasteiger partial charge < -0.3 is 10.8 Å².